The standard InChI is InChI=1S/C14H20N2O4/c1-4-5-15(9-13(18)19)14(20)11-6-12(17)16(8-11)7-10(2)3/h1,10-11H,5-9H2,2-3H3,(H,18,19). The van der Waals surface area contributed by atoms with Gasteiger partial charge in [0, 0.05) is 19.5 Å². The van der Waals surface area contributed by atoms with Crippen LogP contribution < -0.4 is 0 Å². The minimum Gasteiger partial charge on any atom is -0.480 e. The predicted octanol–water partition coefficient (Wildman–Crippen LogP) is 0.0373. The Labute approximate surface area is 118 Å². The van der Waals surface area contributed by atoms with E-state index in [1.165, 1.54) is 0 Å². The van der Waals surface area contributed by atoms with Gasteiger partial charge in [0.1, 0.15) is 6.54 Å². The molecule has 6 nitrogen and oxygen atoms in total. The third kappa shape index (κ3) is 4.26. The first-order chi connectivity index (χ1) is 9.35. The van der Waals surface area contributed by atoms with E-state index in [0.29, 0.717) is 19.0 Å². The number of carboxylic acids is 1. The highest BCUT2D eigenvalue weighted by Crippen LogP contribution is 2.21. The minimum absolute atomic E-state index is 0.0556. The van der Waals surface area contributed by atoms with Gasteiger partial charge in [0.05, 0.1) is 12.5 Å². The van der Waals surface area contributed by atoms with Gasteiger partial charge in [0.2, 0.25) is 11.8 Å². The van der Waals surface area contributed by atoms with E-state index in [9.17, 15) is 14.4 Å². The quantitative estimate of drug-likeness (QED) is 0.697. The van der Waals surface area contributed by atoms with Crippen molar-refractivity contribution >= 4 is 17.8 Å². The Hall–Kier alpha value is -2.03. The lowest BCUT2D eigenvalue weighted by Crippen LogP contribution is -2.41. The Balaban J connectivity index is 2.69. The summed E-state index contributed by atoms with van der Waals surface area (Å²) in [6.07, 6.45) is 5.28. The minimum atomic E-state index is -1.11. The van der Waals surface area contributed by atoms with Gasteiger partial charge < -0.3 is 14.9 Å². The summed E-state index contributed by atoms with van der Waals surface area (Å²) in [6, 6.07) is 0. The molecule has 0 aliphatic carbocycles. The number of terminal acetylenes is 1. The number of carbonyl (C=O) groups is 3. The SMILES string of the molecule is C#CCN(CC(=O)O)C(=O)C1CC(=O)N(CC(C)C)C1. The van der Waals surface area contributed by atoms with Gasteiger partial charge in [-0.25, -0.2) is 0 Å². The third-order valence-electron chi connectivity index (χ3n) is 3.07. The lowest BCUT2D eigenvalue weighted by atomic mass is 10.1. The molecular weight excluding hydrogens is 260 g/mol. The summed E-state index contributed by atoms with van der Waals surface area (Å²) in [5.41, 5.74) is 0. The predicted molar refractivity (Wildman–Crippen MR) is 72.6 cm³/mol. The van der Waals surface area contributed by atoms with Crippen LogP contribution in [0.5, 0.6) is 0 Å². The number of amides is 2. The van der Waals surface area contributed by atoms with E-state index in [-0.39, 0.29) is 24.8 Å². The van der Waals surface area contributed by atoms with E-state index in [0.717, 1.165) is 4.90 Å². The highest BCUT2D eigenvalue weighted by atomic mass is 16.4. The van der Waals surface area contributed by atoms with Crippen molar-refractivity contribution in [3.63, 3.8) is 0 Å². The molecule has 1 aliphatic rings. The molecule has 1 atom stereocenters. The maximum absolute atomic E-state index is 12.2. The molecule has 6 heteroatoms. The van der Waals surface area contributed by atoms with Crippen molar-refractivity contribution in [3.8, 4) is 12.3 Å². The highest BCUT2D eigenvalue weighted by molar-refractivity contribution is 5.90. The van der Waals surface area contributed by atoms with Gasteiger partial charge in [-0.05, 0) is 5.92 Å². The van der Waals surface area contributed by atoms with Crippen LogP contribution in [0.1, 0.15) is 20.3 Å². The Morgan fingerprint density at radius 3 is 2.70 bits per heavy atom. The Morgan fingerprint density at radius 1 is 1.55 bits per heavy atom. The molecule has 1 N–H and O–H groups in total. The van der Waals surface area contributed by atoms with Crippen molar-refractivity contribution in [3.05, 3.63) is 0 Å². The first-order valence-electron chi connectivity index (χ1n) is 6.57. The number of aliphatic carboxylic acids is 1. The zero-order chi connectivity index (χ0) is 15.3. The maximum atomic E-state index is 12.2. The smallest absolute Gasteiger partial charge is 0.323 e. The van der Waals surface area contributed by atoms with Gasteiger partial charge in [-0.15, -0.1) is 6.42 Å². The van der Waals surface area contributed by atoms with E-state index < -0.39 is 18.4 Å². The zero-order valence-electron chi connectivity index (χ0n) is 11.8. The summed E-state index contributed by atoms with van der Waals surface area (Å²) in [5, 5.41) is 8.79. The number of likely N-dealkylation sites (tertiary alicyclic amines) is 1. The number of carboxylic acid groups (broad SMARTS) is 1. The van der Waals surface area contributed by atoms with Crippen LogP contribution in [0.25, 0.3) is 0 Å². The van der Waals surface area contributed by atoms with E-state index >= 15 is 0 Å². The van der Waals surface area contributed by atoms with Gasteiger partial charge in [-0.1, -0.05) is 19.8 Å². The average Bonchev–Trinajstić information content (AvgIpc) is 2.68. The molecule has 1 aliphatic heterocycles. The molecular formula is C14H20N2O4. The van der Waals surface area contributed by atoms with Gasteiger partial charge in [0.25, 0.3) is 0 Å². The van der Waals surface area contributed by atoms with Gasteiger partial charge in [-0.3, -0.25) is 14.4 Å². The number of hydrogen-bond donors (Lipinski definition) is 1. The van der Waals surface area contributed by atoms with E-state index in [4.69, 9.17) is 11.5 Å². The molecule has 0 spiro atoms. The number of rotatable bonds is 6. The van der Waals surface area contributed by atoms with Crippen molar-refractivity contribution in [2.45, 2.75) is 20.3 Å². The molecule has 1 heterocycles. The monoisotopic (exact) mass is 280 g/mol. The van der Waals surface area contributed by atoms with Gasteiger partial charge >= 0.3 is 5.97 Å². The van der Waals surface area contributed by atoms with Crippen molar-refractivity contribution in [1.82, 2.24) is 9.80 Å². The first kappa shape index (κ1) is 16.0. The Kier molecular flexibility index (Phi) is 5.56. The molecule has 0 aromatic heterocycles. The summed E-state index contributed by atoms with van der Waals surface area (Å²) in [7, 11) is 0. The van der Waals surface area contributed by atoms with Crippen LogP contribution in [0.4, 0.5) is 0 Å². The summed E-state index contributed by atoms with van der Waals surface area (Å²) >= 11 is 0. The molecule has 1 fully saturated rings. The lowest BCUT2D eigenvalue weighted by Gasteiger charge is -2.22. The van der Waals surface area contributed by atoms with Crippen LogP contribution in [-0.2, 0) is 14.4 Å². The van der Waals surface area contributed by atoms with E-state index in [1.54, 1.807) is 4.90 Å². The molecule has 110 valence electrons. The van der Waals surface area contributed by atoms with Crippen LogP contribution in [0.15, 0.2) is 0 Å². The first-order valence-corrected chi connectivity index (χ1v) is 6.57. The van der Waals surface area contributed by atoms with Crippen LogP contribution in [0.3, 0.4) is 0 Å². The normalized spacial score (nSPS) is 18.2. The summed E-state index contributed by atoms with van der Waals surface area (Å²) in [6.45, 7) is 4.46. The lowest BCUT2D eigenvalue weighted by molar-refractivity contribution is -0.145. The van der Waals surface area contributed by atoms with Gasteiger partial charge in [-0.2, -0.15) is 0 Å². The fourth-order valence-electron chi connectivity index (χ4n) is 2.30. The molecule has 2 amide bonds. The van der Waals surface area contributed by atoms with Crippen molar-refractivity contribution in [2.24, 2.45) is 11.8 Å². The molecule has 0 aromatic rings. The average molecular weight is 280 g/mol. The molecule has 1 unspecified atom stereocenters. The molecule has 0 saturated carbocycles. The second kappa shape index (κ2) is 6.94. The molecule has 20 heavy (non-hydrogen) atoms. The highest BCUT2D eigenvalue weighted by Gasteiger charge is 2.36. The van der Waals surface area contributed by atoms with Crippen LogP contribution in [-0.4, -0.2) is 58.9 Å². The fraction of sp³-hybridized carbons (Fsp3) is 0.643. The number of hydrogen-bond acceptors (Lipinski definition) is 3. The molecule has 1 rings (SSSR count). The Bertz CT molecular complexity index is 439. The van der Waals surface area contributed by atoms with E-state index in [1.807, 2.05) is 13.8 Å². The number of carbonyl (C=O) groups excluding carboxylic acids is 2. The maximum Gasteiger partial charge on any atom is 0.323 e. The molecule has 0 bridgehead atoms. The van der Waals surface area contributed by atoms with Crippen molar-refractivity contribution < 1.29 is 19.5 Å². The van der Waals surface area contributed by atoms with E-state index in [2.05, 4.69) is 5.92 Å². The molecule has 0 radical (unpaired) electrons. The third-order valence-corrected chi connectivity index (χ3v) is 3.07. The van der Waals surface area contributed by atoms with Gasteiger partial charge in [0.15, 0.2) is 0 Å². The topological polar surface area (TPSA) is 77.9 Å². The summed E-state index contributed by atoms with van der Waals surface area (Å²) in [4.78, 5) is 37.6. The second-order valence-electron chi connectivity index (χ2n) is 5.39. The Morgan fingerprint density at radius 2 is 2.20 bits per heavy atom. The van der Waals surface area contributed by atoms with Crippen molar-refractivity contribution in [1.29, 1.82) is 0 Å². The summed E-state index contributed by atoms with van der Waals surface area (Å²) in [5.74, 6) is 0.579. The summed E-state index contributed by atoms with van der Waals surface area (Å²) < 4.78 is 0. The largest absolute Gasteiger partial charge is 0.480 e. The van der Waals surface area contributed by atoms with Crippen LogP contribution in [0.2, 0.25) is 0 Å². The second-order valence-corrected chi connectivity index (χ2v) is 5.39. The number of nitrogens with zero attached hydrogens (tertiary/aromatic N) is 2. The zero-order valence-corrected chi connectivity index (χ0v) is 11.8. The molecule has 0 aromatic carbocycles. The van der Waals surface area contributed by atoms with Crippen LogP contribution in [0, 0.1) is 24.2 Å². The fourth-order valence-corrected chi connectivity index (χ4v) is 2.30. The van der Waals surface area contributed by atoms with Crippen LogP contribution >= 0.6 is 0 Å². The molecule has 1 saturated heterocycles. The van der Waals surface area contributed by atoms with Crippen molar-refractivity contribution in [2.75, 3.05) is 26.2 Å².